The summed E-state index contributed by atoms with van der Waals surface area (Å²) < 4.78 is 1.85. The Morgan fingerprint density at radius 1 is 1.13 bits per heavy atom. The number of nitro groups is 1. The number of hydrogen-bond donors (Lipinski definition) is 1. The summed E-state index contributed by atoms with van der Waals surface area (Å²) in [6, 6.07) is 10.5. The molecule has 0 spiro atoms. The van der Waals surface area contributed by atoms with Crippen molar-refractivity contribution in [3.8, 4) is 11.3 Å². The van der Waals surface area contributed by atoms with Gasteiger partial charge < -0.3 is 5.32 Å². The van der Waals surface area contributed by atoms with E-state index < -0.39 is 4.92 Å². The van der Waals surface area contributed by atoms with Gasteiger partial charge in [0.15, 0.2) is 4.96 Å². The molecule has 30 heavy (non-hydrogen) atoms. The minimum atomic E-state index is -0.426. The van der Waals surface area contributed by atoms with Crippen LogP contribution in [0, 0.1) is 37.8 Å². The summed E-state index contributed by atoms with van der Waals surface area (Å²) in [5.74, 6) is -0.171. The Morgan fingerprint density at radius 3 is 2.47 bits per heavy atom. The minimum Gasteiger partial charge on any atom is -0.321 e. The summed E-state index contributed by atoms with van der Waals surface area (Å²) in [6.07, 6.45) is 1.80. The average molecular weight is 420 g/mol. The van der Waals surface area contributed by atoms with Crippen molar-refractivity contribution in [3.63, 3.8) is 0 Å². The smallest absolute Gasteiger partial charge is 0.270 e. The highest BCUT2D eigenvalue weighted by atomic mass is 32.1. The molecule has 0 aliphatic heterocycles. The molecule has 7 nitrogen and oxygen atoms in total. The number of fused-ring (bicyclic) bond motifs is 1. The molecule has 8 heteroatoms. The van der Waals surface area contributed by atoms with E-state index in [0.29, 0.717) is 21.1 Å². The Morgan fingerprint density at radius 2 is 1.83 bits per heavy atom. The molecule has 0 atom stereocenters. The van der Waals surface area contributed by atoms with E-state index in [1.807, 2.05) is 44.2 Å². The van der Waals surface area contributed by atoms with Crippen molar-refractivity contribution in [2.24, 2.45) is 0 Å². The lowest BCUT2D eigenvalue weighted by Gasteiger charge is -2.12. The molecule has 4 aromatic rings. The van der Waals surface area contributed by atoms with Crippen molar-refractivity contribution in [2.45, 2.75) is 27.7 Å². The number of nitrogens with zero attached hydrogens (tertiary/aromatic N) is 3. The molecule has 1 amide bonds. The number of aromatic nitrogens is 2. The lowest BCUT2D eigenvalue weighted by atomic mass is 10.1. The van der Waals surface area contributed by atoms with E-state index in [1.54, 1.807) is 18.3 Å². The number of carbonyl (C=O) groups excluding carboxylic acids is 1. The van der Waals surface area contributed by atoms with E-state index in [9.17, 15) is 14.9 Å². The molecular weight excluding hydrogens is 400 g/mol. The normalized spacial score (nSPS) is 11.1. The van der Waals surface area contributed by atoms with Crippen molar-refractivity contribution in [3.05, 3.63) is 80.0 Å². The van der Waals surface area contributed by atoms with E-state index in [2.05, 4.69) is 10.3 Å². The second kappa shape index (κ2) is 7.38. The molecule has 152 valence electrons. The molecular formula is C22H20N4O3S. The van der Waals surface area contributed by atoms with Crippen LogP contribution in [0.4, 0.5) is 11.4 Å². The maximum Gasteiger partial charge on any atom is 0.270 e. The van der Waals surface area contributed by atoms with Gasteiger partial charge in [0.1, 0.15) is 4.88 Å². The largest absolute Gasteiger partial charge is 0.321 e. The Balaban J connectivity index is 1.67. The first-order chi connectivity index (χ1) is 14.2. The maximum absolute atomic E-state index is 12.9. The van der Waals surface area contributed by atoms with Gasteiger partial charge in [-0.05, 0) is 38.8 Å². The number of hydrogen-bond acceptors (Lipinski definition) is 5. The Kier molecular flexibility index (Phi) is 4.87. The van der Waals surface area contributed by atoms with Crippen LogP contribution in [0.5, 0.6) is 0 Å². The van der Waals surface area contributed by atoms with Gasteiger partial charge in [-0.25, -0.2) is 4.98 Å². The topological polar surface area (TPSA) is 89.5 Å². The Hall–Kier alpha value is -3.52. The SMILES string of the molecule is Cc1cc(C)c(NC(=O)c2sc3nc(-c4cccc([N+](=O)[O-])c4)cn3c2C)c(C)c1. The Labute approximate surface area is 177 Å². The highest BCUT2D eigenvalue weighted by Gasteiger charge is 2.20. The second-order valence-electron chi connectivity index (χ2n) is 7.33. The van der Waals surface area contributed by atoms with Crippen LogP contribution in [0.3, 0.4) is 0 Å². The van der Waals surface area contributed by atoms with Crippen LogP contribution in [-0.2, 0) is 0 Å². The predicted molar refractivity (Wildman–Crippen MR) is 119 cm³/mol. The number of aryl methyl sites for hydroxylation is 4. The van der Waals surface area contributed by atoms with Crippen LogP contribution in [-0.4, -0.2) is 20.2 Å². The zero-order valence-corrected chi connectivity index (χ0v) is 17.8. The quantitative estimate of drug-likeness (QED) is 0.351. The second-order valence-corrected chi connectivity index (χ2v) is 8.31. The molecule has 0 fully saturated rings. The van der Waals surface area contributed by atoms with E-state index in [-0.39, 0.29) is 11.6 Å². The first kappa shape index (κ1) is 19.8. The van der Waals surface area contributed by atoms with Crippen molar-refractivity contribution >= 4 is 33.6 Å². The van der Waals surface area contributed by atoms with E-state index in [1.165, 1.54) is 23.5 Å². The molecule has 0 unspecified atom stereocenters. The molecule has 0 aliphatic rings. The van der Waals surface area contributed by atoms with Crippen LogP contribution in [0.2, 0.25) is 0 Å². The van der Waals surface area contributed by atoms with Gasteiger partial charge in [-0.3, -0.25) is 19.3 Å². The van der Waals surface area contributed by atoms with Crippen LogP contribution < -0.4 is 5.32 Å². The zero-order chi connectivity index (χ0) is 21.6. The maximum atomic E-state index is 12.9. The highest BCUT2D eigenvalue weighted by Crippen LogP contribution is 2.30. The number of amides is 1. The molecule has 0 radical (unpaired) electrons. The fourth-order valence-corrected chi connectivity index (χ4v) is 4.63. The standard InChI is InChI=1S/C22H20N4O3S/c1-12-8-13(2)19(14(3)9-12)24-21(27)20-15(4)25-11-18(23-22(25)30-20)16-6-5-7-17(10-16)26(28)29/h5-11H,1-4H3,(H,24,27). The molecule has 2 aromatic carbocycles. The summed E-state index contributed by atoms with van der Waals surface area (Å²) in [4.78, 5) is 29.4. The van der Waals surface area contributed by atoms with Gasteiger partial charge in [0, 0.05) is 35.3 Å². The molecule has 0 aliphatic carbocycles. The van der Waals surface area contributed by atoms with Gasteiger partial charge in [-0.15, -0.1) is 0 Å². The molecule has 0 bridgehead atoms. The zero-order valence-electron chi connectivity index (χ0n) is 17.0. The summed E-state index contributed by atoms with van der Waals surface area (Å²) in [5.41, 5.74) is 6.11. The van der Waals surface area contributed by atoms with Crippen LogP contribution in [0.1, 0.15) is 32.1 Å². The molecule has 2 heterocycles. The minimum absolute atomic E-state index is 0.0180. The average Bonchev–Trinajstić information content (AvgIpc) is 3.24. The summed E-state index contributed by atoms with van der Waals surface area (Å²) >= 11 is 1.30. The van der Waals surface area contributed by atoms with Crippen molar-refractivity contribution in [1.82, 2.24) is 9.38 Å². The number of anilines is 1. The molecule has 1 N–H and O–H groups in total. The summed E-state index contributed by atoms with van der Waals surface area (Å²) in [5, 5.41) is 14.1. The van der Waals surface area contributed by atoms with Gasteiger partial charge in [0.05, 0.1) is 10.6 Å². The van der Waals surface area contributed by atoms with Gasteiger partial charge in [0.2, 0.25) is 0 Å². The number of nitrogens with one attached hydrogen (secondary N) is 1. The molecule has 4 rings (SSSR count). The van der Waals surface area contributed by atoms with Crippen molar-refractivity contribution in [1.29, 1.82) is 0 Å². The molecule has 0 saturated heterocycles. The van der Waals surface area contributed by atoms with Gasteiger partial charge in [-0.2, -0.15) is 0 Å². The predicted octanol–water partition coefficient (Wildman–Crippen LogP) is 5.46. The van der Waals surface area contributed by atoms with Crippen LogP contribution in [0.25, 0.3) is 16.2 Å². The Bertz CT molecular complexity index is 1300. The third kappa shape index (κ3) is 3.46. The molecule has 2 aromatic heterocycles. The van der Waals surface area contributed by atoms with Gasteiger partial charge >= 0.3 is 0 Å². The number of non-ortho nitro benzene ring substituents is 1. The fraction of sp³-hybridized carbons (Fsp3) is 0.182. The summed E-state index contributed by atoms with van der Waals surface area (Å²) in [7, 11) is 0. The molecule has 0 saturated carbocycles. The van der Waals surface area contributed by atoms with Gasteiger partial charge in [0.25, 0.3) is 11.6 Å². The first-order valence-electron chi connectivity index (χ1n) is 9.37. The summed E-state index contributed by atoms with van der Waals surface area (Å²) in [6.45, 7) is 7.86. The highest BCUT2D eigenvalue weighted by molar-refractivity contribution is 7.19. The number of benzene rings is 2. The third-order valence-corrected chi connectivity index (χ3v) is 6.19. The van der Waals surface area contributed by atoms with E-state index in [0.717, 1.165) is 28.1 Å². The number of thiazole rings is 1. The van der Waals surface area contributed by atoms with Crippen molar-refractivity contribution in [2.75, 3.05) is 5.32 Å². The van der Waals surface area contributed by atoms with E-state index in [4.69, 9.17) is 0 Å². The third-order valence-electron chi connectivity index (χ3n) is 5.03. The number of nitro benzene ring substituents is 1. The fourth-order valence-electron chi connectivity index (χ4n) is 3.63. The van der Waals surface area contributed by atoms with Crippen LogP contribution in [0.15, 0.2) is 42.6 Å². The van der Waals surface area contributed by atoms with E-state index >= 15 is 0 Å². The number of rotatable bonds is 4. The van der Waals surface area contributed by atoms with Crippen molar-refractivity contribution < 1.29 is 9.72 Å². The number of carbonyl (C=O) groups is 1. The first-order valence-corrected chi connectivity index (χ1v) is 10.2. The number of imidazole rings is 1. The monoisotopic (exact) mass is 420 g/mol. The van der Waals surface area contributed by atoms with Crippen LogP contribution >= 0.6 is 11.3 Å². The lowest BCUT2D eigenvalue weighted by Crippen LogP contribution is -2.14. The lowest BCUT2D eigenvalue weighted by molar-refractivity contribution is -0.384. The van der Waals surface area contributed by atoms with Gasteiger partial charge in [-0.1, -0.05) is 41.2 Å².